The third-order valence-electron chi connectivity index (χ3n) is 3.71. The Kier molecular flexibility index (Phi) is 4.68. The van der Waals surface area contributed by atoms with Crippen LogP contribution in [-0.4, -0.2) is 33.9 Å². The van der Waals surface area contributed by atoms with E-state index in [9.17, 15) is 4.79 Å². The number of amides is 1. The van der Waals surface area contributed by atoms with E-state index in [1.54, 1.807) is 0 Å². The minimum Gasteiger partial charge on any atom is -0.337 e. The van der Waals surface area contributed by atoms with Gasteiger partial charge in [-0.3, -0.25) is 9.78 Å². The second-order valence-corrected chi connectivity index (χ2v) is 4.93. The van der Waals surface area contributed by atoms with Crippen LogP contribution in [0, 0.1) is 5.92 Å². The Morgan fingerprint density at radius 3 is 3.05 bits per heavy atom. The van der Waals surface area contributed by atoms with Crippen molar-refractivity contribution in [3.63, 3.8) is 0 Å². The summed E-state index contributed by atoms with van der Waals surface area (Å²) in [4.78, 5) is 22.4. The van der Waals surface area contributed by atoms with Crippen LogP contribution in [-0.2, 0) is 0 Å². The predicted octanol–water partition coefficient (Wildman–Crippen LogP) is 1.41. The number of anilines is 1. The Hall–Kier alpha value is -1.69. The van der Waals surface area contributed by atoms with Gasteiger partial charge in [0.1, 0.15) is 5.69 Å². The van der Waals surface area contributed by atoms with Gasteiger partial charge in [0, 0.05) is 13.1 Å². The molecule has 0 saturated carbocycles. The molecule has 0 bridgehead atoms. The van der Waals surface area contributed by atoms with E-state index in [1.165, 1.54) is 25.2 Å². The molecule has 1 saturated heterocycles. The van der Waals surface area contributed by atoms with Gasteiger partial charge in [-0.25, -0.2) is 10.8 Å². The van der Waals surface area contributed by atoms with Crippen LogP contribution in [0.4, 0.5) is 5.82 Å². The van der Waals surface area contributed by atoms with Crippen molar-refractivity contribution < 1.29 is 4.79 Å². The molecule has 104 valence electrons. The first kappa shape index (κ1) is 13.7. The van der Waals surface area contributed by atoms with Crippen LogP contribution < -0.4 is 11.3 Å². The molecule has 1 atom stereocenters. The van der Waals surface area contributed by atoms with Crippen molar-refractivity contribution in [3.05, 3.63) is 18.1 Å². The number of nitrogens with one attached hydrogen (secondary N) is 1. The summed E-state index contributed by atoms with van der Waals surface area (Å²) >= 11 is 0. The van der Waals surface area contributed by atoms with Gasteiger partial charge in [-0.1, -0.05) is 13.3 Å². The van der Waals surface area contributed by atoms with Crippen molar-refractivity contribution in [2.24, 2.45) is 11.8 Å². The molecular formula is C13H21N5O. The summed E-state index contributed by atoms with van der Waals surface area (Å²) in [5.74, 6) is 6.37. The van der Waals surface area contributed by atoms with Crippen molar-refractivity contribution in [2.75, 3.05) is 18.5 Å². The first-order valence-electron chi connectivity index (χ1n) is 6.82. The van der Waals surface area contributed by atoms with Crippen LogP contribution in [0.1, 0.15) is 43.1 Å². The zero-order valence-electron chi connectivity index (χ0n) is 11.3. The molecule has 2 rings (SSSR count). The number of hydrogen-bond donors (Lipinski definition) is 2. The highest BCUT2D eigenvalue weighted by molar-refractivity contribution is 5.92. The van der Waals surface area contributed by atoms with Crippen LogP contribution in [0.2, 0.25) is 0 Å². The van der Waals surface area contributed by atoms with Crippen molar-refractivity contribution in [1.82, 2.24) is 14.9 Å². The van der Waals surface area contributed by atoms with Crippen LogP contribution in [0.3, 0.4) is 0 Å². The Morgan fingerprint density at radius 1 is 1.47 bits per heavy atom. The van der Waals surface area contributed by atoms with Crippen LogP contribution in [0.5, 0.6) is 0 Å². The average molecular weight is 263 g/mol. The number of hydrazine groups is 1. The van der Waals surface area contributed by atoms with Gasteiger partial charge in [-0.05, 0) is 25.2 Å². The van der Waals surface area contributed by atoms with E-state index in [0.29, 0.717) is 11.5 Å². The zero-order valence-corrected chi connectivity index (χ0v) is 11.3. The molecule has 0 radical (unpaired) electrons. The third kappa shape index (κ3) is 3.41. The summed E-state index contributed by atoms with van der Waals surface area (Å²) in [5.41, 5.74) is 2.76. The molecule has 0 aliphatic carbocycles. The molecule has 6 heteroatoms. The largest absolute Gasteiger partial charge is 0.337 e. The van der Waals surface area contributed by atoms with Crippen LogP contribution >= 0.6 is 0 Å². The Balaban J connectivity index is 2.06. The quantitative estimate of drug-likeness (QED) is 0.636. The minimum absolute atomic E-state index is 0.0543. The summed E-state index contributed by atoms with van der Waals surface area (Å²) < 4.78 is 0. The van der Waals surface area contributed by atoms with Crippen LogP contribution in [0.15, 0.2) is 12.4 Å². The van der Waals surface area contributed by atoms with Crippen molar-refractivity contribution in [1.29, 1.82) is 0 Å². The van der Waals surface area contributed by atoms with Crippen LogP contribution in [0.25, 0.3) is 0 Å². The van der Waals surface area contributed by atoms with Crippen molar-refractivity contribution >= 4 is 11.7 Å². The van der Waals surface area contributed by atoms with E-state index < -0.39 is 0 Å². The summed E-state index contributed by atoms with van der Waals surface area (Å²) in [5, 5.41) is 0. The molecule has 1 unspecified atom stereocenters. The van der Waals surface area contributed by atoms with Gasteiger partial charge in [0.05, 0.1) is 12.4 Å². The number of carbonyl (C=O) groups excluding carboxylic acids is 1. The predicted molar refractivity (Wildman–Crippen MR) is 73.4 cm³/mol. The molecule has 19 heavy (non-hydrogen) atoms. The molecule has 2 heterocycles. The summed E-state index contributed by atoms with van der Waals surface area (Å²) in [7, 11) is 0. The maximum atomic E-state index is 12.4. The Bertz CT molecular complexity index is 437. The second kappa shape index (κ2) is 6.47. The molecule has 1 fully saturated rings. The van der Waals surface area contributed by atoms with E-state index in [-0.39, 0.29) is 5.91 Å². The lowest BCUT2D eigenvalue weighted by Crippen LogP contribution is -2.33. The standard InChI is InChI=1S/C13H21N5O/c1-2-10-4-3-6-18(7-5-10)13(19)11-8-15-9-12(16-11)17-14/h8-10H,2-7,14H2,1H3,(H,16,17). The number of aromatic nitrogens is 2. The van der Waals surface area contributed by atoms with Gasteiger partial charge in [0.15, 0.2) is 5.82 Å². The SMILES string of the molecule is CCC1CCCN(C(=O)c2cncc(NN)n2)CC1. The number of carbonyl (C=O) groups is 1. The van der Waals surface area contributed by atoms with Gasteiger partial charge in [-0.2, -0.15) is 0 Å². The first-order chi connectivity index (χ1) is 9.24. The molecule has 1 aromatic rings. The van der Waals surface area contributed by atoms with E-state index in [4.69, 9.17) is 5.84 Å². The lowest BCUT2D eigenvalue weighted by atomic mass is 9.98. The number of nitrogens with zero attached hydrogens (tertiary/aromatic N) is 3. The molecule has 1 aromatic heterocycles. The first-order valence-corrected chi connectivity index (χ1v) is 6.82. The number of likely N-dealkylation sites (tertiary alicyclic amines) is 1. The molecule has 3 N–H and O–H groups in total. The number of rotatable bonds is 3. The summed E-state index contributed by atoms with van der Waals surface area (Å²) in [6.07, 6.45) is 7.51. The highest BCUT2D eigenvalue weighted by atomic mass is 16.2. The molecule has 1 aliphatic heterocycles. The molecule has 1 amide bonds. The topological polar surface area (TPSA) is 84.1 Å². The van der Waals surface area contributed by atoms with Gasteiger partial charge in [0.25, 0.3) is 5.91 Å². The number of nitrogen functional groups attached to an aromatic ring is 1. The van der Waals surface area contributed by atoms with Crippen molar-refractivity contribution in [3.8, 4) is 0 Å². The normalized spacial score (nSPS) is 19.9. The molecule has 1 aliphatic rings. The molecule has 6 nitrogen and oxygen atoms in total. The van der Waals surface area contributed by atoms with E-state index in [0.717, 1.165) is 31.8 Å². The maximum Gasteiger partial charge on any atom is 0.274 e. The summed E-state index contributed by atoms with van der Waals surface area (Å²) in [6.45, 7) is 3.82. The lowest BCUT2D eigenvalue weighted by Gasteiger charge is -2.20. The molecule has 0 aromatic carbocycles. The number of nitrogens with two attached hydrogens (primary N) is 1. The van der Waals surface area contributed by atoms with Gasteiger partial charge < -0.3 is 10.3 Å². The summed E-state index contributed by atoms with van der Waals surface area (Å²) in [6, 6.07) is 0. The van der Waals surface area contributed by atoms with Gasteiger partial charge >= 0.3 is 0 Å². The van der Waals surface area contributed by atoms with E-state index in [1.807, 2.05) is 4.90 Å². The third-order valence-corrected chi connectivity index (χ3v) is 3.71. The highest BCUT2D eigenvalue weighted by Gasteiger charge is 2.22. The highest BCUT2D eigenvalue weighted by Crippen LogP contribution is 2.21. The maximum absolute atomic E-state index is 12.4. The zero-order chi connectivity index (χ0) is 13.7. The fourth-order valence-electron chi connectivity index (χ4n) is 2.48. The van der Waals surface area contributed by atoms with E-state index in [2.05, 4.69) is 22.3 Å². The molecular weight excluding hydrogens is 242 g/mol. The molecule has 0 spiro atoms. The smallest absolute Gasteiger partial charge is 0.274 e. The Morgan fingerprint density at radius 2 is 2.32 bits per heavy atom. The lowest BCUT2D eigenvalue weighted by molar-refractivity contribution is 0.0753. The Labute approximate surface area is 113 Å². The van der Waals surface area contributed by atoms with Gasteiger partial charge in [-0.15, -0.1) is 0 Å². The fraction of sp³-hybridized carbons (Fsp3) is 0.615. The fourth-order valence-corrected chi connectivity index (χ4v) is 2.48. The van der Waals surface area contributed by atoms with Gasteiger partial charge in [0.2, 0.25) is 0 Å². The second-order valence-electron chi connectivity index (χ2n) is 4.93. The average Bonchev–Trinajstić information content (AvgIpc) is 2.72. The minimum atomic E-state index is -0.0543. The van der Waals surface area contributed by atoms with Crippen molar-refractivity contribution in [2.45, 2.75) is 32.6 Å². The monoisotopic (exact) mass is 263 g/mol. The van der Waals surface area contributed by atoms with E-state index >= 15 is 0 Å². The number of hydrogen-bond acceptors (Lipinski definition) is 5.